The van der Waals surface area contributed by atoms with Gasteiger partial charge in [0.25, 0.3) is 0 Å². The number of benzene rings is 1. The van der Waals surface area contributed by atoms with Gasteiger partial charge in [0.2, 0.25) is 0 Å². The van der Waals surface area contributed by atoms with Crippen LogP contribution >= 0.6 is 0 Å². The first kappa shape index (κ1) is 11.5. The van der Waals surface area contributed by atoms with Crippen LogP contribution in [0, 0.1) is 23.6 Å². The van der Waals surface area contributed by atoms with Gasteiger partial charge in [-0.2, -0.15) is 0 Å². The molecule has 4 rings (SSSR count). The smallest absolute Gasteiger partial charge is 0.134 e. The van der Waals surface area contributed by atoms with Crippen LogP contribution in [0.4, 0.5) is 4.39 Å². The summed E-state index contributed by atoms with van der Waals surface area (Å²) in [6.45, 7) is 0. The molecule has 100 valence electrons. The fraction of sp³-hybridized carbons (Fsp3) is 0.500. The fourth-order valence-electron chi connectivity index (χ4n) is 4.08. The van der Waals surface area contributed by atoms with E-state index in [2.05, 4.69) is 5.32 Å². The lowest BCUT2D eigenvalue weighted by molar-refractivity contribution is 0.378. The molecule has 0 spiro atoms. The normalized spacial score (nSPS) is 30.5. The molecule has 3 unspecified atom stereocenters. The van der Waals surface area contributed by atoms with E-state index in [9.17, 15) is 4.39 Å². The van der Waals surface area contributed by atoms with Crippen LogP contribution in [0.25, 0.3) is 11.0 Å². The molecule has 2 saturated carbocycles. The molecule has 0 bridgehead atoms. The van der Waals surface area contributed by atoms with E-state index in [4.69, 9.17) is 4.42 Å². The van der Waals surface area contributed by atoms with E-state index in [1.807, 2.05) is 13.1 Å². The van der Waals surface area contributed by atoms with Crippen molar-refractivity contribution in [2.75, 3.05) is 7.05 Å². The maximum atomic E-state index is 13.2. The molecule has 1 aromatic carbocycles. The van der Waals surface area contributed by atoms with Crippen molar-refractivity contribution >= 4 is 11.0 Å². The van der Waals surface area contributed by atoms with E-state index in [0.29, 0.717) is 5.92 Å². The summed E-state index contributed by atoms with van der Waals surface area (Å²) in [5.41, 5.74) is 0.780. The molecular weight excluding hydrogens is 241 g/mol. The van der Waals surface area contributed by atoms with Crippen LogP contribution in [0.3, 0.4) is 0 Å². The van der Waals surface area contributed by atoms with Crippen LogP contribution < -0.4 is 5.32 Å². The molecule has 1 heterocycles. The molecule has 3 atom stereocenters. The highest BCUT2D eigenvalue weighted by molar-refractivity contribution is 5.78. The highest BCUT2D eigenvalue weighted by atomic mass is 19.1. The van der Waals surface area contributed by atoms with Gasteiger partial charge in [-0.3, -0.25) is 0 Å². The van der Waals surface area contributed by atoms with Gasteiger partial charge < -0.3 is 9.73 Å². The minimum Gasteiger partial charge on any atom is -0.459 e. The van der Waals surface area contributed by atoms with Crippen molar-refractivity contribution < 1.29 is 8.81 Å². The van der Waals surface area contributed by atoms with Crippen LogP contribution in [-0.4, -0.2) is 7.05 Å². The molecule has 1 aromatic heterocycles. The van der Waals surface area contributed by atoms with E-state index >= 15 is 0 Å². The van der Waals surface area contributed by atoms with Crippen molar-refractivity contribution in [2.45, 2.75) is 25.3 Å². The Morgan fingerprint density at radius 3 is 2.79 bits per heavy atom. The van der Waals surface area contributed by atoms with Crippen molar-refractivity contribution in [3.63, 3.8) is 0 Å². The number of nitrogens with one attached hydrogen (secondary N) is 1. The Balaban J connectivity index is 1.68. The van der Waals surface area contributed by atoms with Crippen LogP contribution in [0.1, 0.15) is 31.1 Å². The standard InChI is InChI=1S/C16H18FNO/c1-18-16(15-11-3-2-4-12(11)15)14-8-9-7-10(17)5-6-13(9)19-14/h5-8,11-12,15-16,18H,2-4H2,1H3. The van der Waals surface area contributed by atoms with Gasteiger partial charge >= 0.3 is 0 Å². The molecule has 2 aliphatic carbocycles. The van der Waals surface area contributed by atoms with E-state index in [1.165, 1.54) is 25.3 Å². The molecule has 2 fully saturated rings. The second kappa shape index (κ2) is 4.07. The highest BCUT2D eigenvalue weighted by Gasteiger charge is 2.56. The Bertz CT molecular complexity index is 610. The summed E-state index contributed by atoms with van der Waals surface area (Å²) in [6.07, 6.45) is 4.11. The predicted molar refractivity (Wildman–Crippen MR) is 72.3 cm³/mol. The molecular formula is C16H18FNO. The van der Waals surface area contributed by atoms with Gasteiger partial charge in [-0.1, -0.05) is 6.42 Å². The van der Waals surface area contributed by atoms with Gasteiger partial charge in [0.15, 0.2) is 0 Å². The van der Waals surface area contributed by atoms with E-state index in [-0.39, 0.29) is 11.9 Å². The van der Waals surface area contributed by atoms with Gasteiger partial charge in [-0.15, -0.1) is 0 Å². The lowest BCUT2D eigenvalue weighted by atomic mass is 10.0. The maximum absolute atomic E-state index is 13.2. The lowest BCUT2D eigenvalue weighted by Crippen LogP contribution is -2.19. The SMILES string of the molecule is CNC(c1cc2cc(F)ccc2o1)C1C2CCCC21. The first-order chi connectivity index (χ1) is 9.28. The zero-order valence-corrected chi connectivity index (χ0v) is 11.0. The van der Waals surface area contributed by atoms with Gasteiger partial charge in [0, 0.05) is 5.39 Å². The molecule has 2 aliphatic rings. The molecule has 2 aromatic rings. The average molecular weight is 259 g/mol. The summed E-state index contributed by atoms with van der Waals surface area (Å²) < 4.78 is 19.1. The quantitative estimate of drug-likeness (QED) is 0.905. The maximum Gasteiger partial charge on any atom is 0.134 e. The Labute approximate surface area is 112 Å². The Morgan fingerprint density at radius 2 is 2.05 bits per heavy atom. The number of halogens is 1. The molecule has 3 heteroatoms. The molecule has 0 amide bonds. The fourth-order valence-corrected chi connectivity index (χ4v) is 4.08. The Morgan fingerprint density at radius 1 is 1.26 bits per heavy atom. The van der Waals surface area contributed by atoms with Crippen LogP contribution in [0.15, 0.2) is 28.7 Å². The number of hydrogen-bond donors (Lipinski definition) is 1. The van der Waals surface area contributed by atoms with Crippen LogP contribution in [0.2, 0.25) is 0 Å². The van der Waals surface area contributed by atoms with Crippen LogP contribution in [0.5, 0.6) is 0 Å². The summed E-state index contributed by atoms with van der Waals surface area (Å²) in [4.78, 5) is 0. The average Bonchev–Trinajstić information content (AvgIpc) is 2.81. The van der Waals surface area contributed by atoms with Gasteiger partial charge in [-0.25, -0.2) is 4.39 Å². The van der Waals surface area contributed by atoms with Crippen molar-refractivity contribution in [1.82, 2.24) is 5.32 Å². The highest BCUT2D eigenvalue weighted by Crippen LogP contribution is 2.62. The number of hydrogen-bond acceptors (Lipinski definition) is 2. The van der Waals surface area contributed by atoms with E-state index < -0.39 is 0 Å². The van der Waals surface area contributed by atoms with Crippen molar-refractivity contribution in [3.05, 3.63) is 35.8 Å². The third-order valence-electron chi connectivity index (χ3n) is 4.97. The number of rotatable bonds is 3. The minimum absolute atomic E-state index is 0.204. The number of furan rings is 1. The van der Waals surface area contributed by atoms with Crippen molar-refractivity contribution in [1.29, 1.82) is 0 Å². The largest absolute Gasteiger partial charge is 0.459 e. The second-order valence-corrected chi connectivity index (χ2v) is 5.93. The van der Waals surface area contributed by atoms with Crippen molar-refractivity contribution in [3.8, 4) is 0 Å². The Hall–Kier alpha value is -1.35. The molecule has 0 radical (unpaired) electrons. The summed E-state index contributed by atoms with van der Waals surface area (Å²) in [5.74, 6) is 3.22. The summed E-state index contributed by atoms with van der Waals surface area (Å²) in [6, 6.07) is 6.99. The molecule has 2 nitrogen and oxygen atoms in total. The van der Waals surface area contributed by atoms with E-state index in [0.717, 1.165) is 28.6 Å². The monoisotopic (exact) mass is 259 g/mol. The predicted octanol–water partition coefficient (Wildman–Crippen LogP) is 3.88. The topological polar surface area (TPSA) is 25.2 Å². The number of fused-ring (bicyclic) bond motifs is 2. The lowest BCUT2D eigenvalue weighted by Gasteiger charge is -2.15. The van der Waals surface area contributed by atoms with E-state index in [1.54, 1.807) is 12.1 Å². The minimum atomic E-state index is -0.204. The molecule has 0 saturated heterocycles. The molecule has 19 heavy (non-hydrogen) atoms. The third kappa shape index (κ3) is 1.71. The zero-order valence-electron chi connectivity index (χ0n) is 11.0. The summed E-state index contributed by atoms with van der Waals surface area (Å²) >= 11 is 0. The molecule has 0 aliphatic heterocycles. The van der Waals surface area contributed by atoms with Gasteiger partial charge in [0.1, 0.15) is 17.2 Å². The zero-order chi connectivity index (χ0) is 13.0. The van der Waals surface area contributed by atoms with Gasteiger partial charge in [-0.05, 0) is 61.9 Å². The second-order valence-electron chi connectivity index (χ2n) is 5.93. The summed E-state index contributed by atoms with van der Waals surface area (Å²) in [7, 11) is 1.99. The first-order valence-corrected chi connectivity index (χ1v) is 7.14. The van der Waals surface area contributed by atoms with Crippen LogP contribution in [-0.2, 0) is 0 Å². The Kier molecular flexibility index (Phi) is 2.46. The third-order valence-corrected chi connectivity index (χ3v) is 4.97. The first-order valence-electron chi connectivity index (χ1n) is 7.14. The molecule has 1 N–H and O–H groups in total. The van der Waals surface area contributed by atoms with Crippen molar-refractivity contribution in [2.24, 2.45) is 17.8 Å². The summed E-state index contributed by atoms with van der Waals surface area (Å²) in [5, 5.41) is 4.26. The van der Waals surface area contributed by atoms with Gasteiger partial charge in [0.05, 0.1) is 6.04 Å².